The molecular formula is C16H21N3O2S. The van der Waals surface area contributed by atoms with Crippen molar-refractivity contribution in [2.45, 2.75) is 34.2 Å². The van der Waals surface area contributed by atoms with E-state index >= 15 is 0 Å². The minimum atomic E-state index is -0.371. The number of carbonyl (C=O) groups excluding carboxylic acids is 1. The maximum Gasteiger partial charge on any atom is 0.356 e. The number of hydrogen-bond acceptors (Lipinski definition) is 4. The fourth-order valence-electron chi connectivity index (χ4n) is 2.79. The third kappa shape index (κ3) is 2.47. The lowest BCUT2D eigenvalue weighted by Crippen LogP contribution is -2.11. The van der Waals surface area contributed by atoms with Gasteiger partial charge in [0.2, 0.25) is 0 Å². The summed E-state index contributed by atoms with van der Waals surface area (Å²) < 4.78 is 9.29. The van der Waals surface area contributed by atoms with E-state index in [2.05, 4.69) is 11.2 Å². The molecule has 0 aliphatic carbocycles. The Kier molecular flexibility index (Phi) is 4.51. The molecule has 0 saturated heterocycles. The Hall–Kier alpha value is -1.95. The molecule has 6 heteroatoms. The van der Waals surface area contributed by atoms with Gasteiger partial charge in [-0.1, -0.05) is 18.3 Å². The van der Waals surface area contributed by atoms with Crippen LogP contribution in [0.4, 0.5) is 0 Å². The first-order chi connectivity index (χ1) is 10.3. The van der Waals surface area contributed by atoms with E-state index in [1.54, 1.807) is 4.68 Å². The second-order valence-electron chi connectivity index (χ2n) is 5.35. The Morgan fingerprint density at radius 1 is 1.32 bits per heavy atom. The summed E-state index contributed by atoms with van der Waals surface area (Å²) in [6, 6.07) is 2.06. The molecule has 0 bridgehead atoms. The van der Waals surface area contributed by atoms with Crippen LogP contribution in [0.5, 0.6) is 0 Å². The van der Waals surface area contributed by atoms with Crippen LogP contribution in [0.1, 0.15) is 34.1 Å². The predicted octanol–water partition coefficient (Wildman–Crippen LogP) is 3.35. The van der Waals surface area contributed by atoms with Gasteiger partial charge in [0.25, 0.3) is 0 Å². The van der Waals surface area contributed by atoms with E-state index < -0.39 is 0 Å². The largest absolute Gasteiger partial charge is 0.464 e. The van der Waals surface area contributed by atoms with Gasteiger partial charge in [-0.05, 0) is 38.8 Å². The standard InChI is InChI=1S/C16H21N3O2S/c1-7-19-14(16(20)21-6)11(4)12(17-19)13-9(2)8-10(3)15(22)18(13)5/h8H,7H2,1-6H3. The second-order valence-corrected chi connectivity index (χ2v) is 5.74. The molecule has 118 valence electrons. The van der Waals surface area contributed by atoms with Crippen molar-refractivity contribution < 1.29 is 9.53 Å². The van der Waals surface area contributed by atoms with Crippen molar-refractivity contribution >= 4 is 18.2 Å². The fourth-order valence-corrected chi connectivity index (χ4v) is 2.94. The van der Waals surface area contributed by atoms with E-state index in [0.717, 1.165) is 32.7 Å². The molecule has 0 N–H and O–H groups in total. The smallest absolute Gasteiger partial charge is 0.356 e. The summed E-state index contributed by atoms with van der Waals surface area (Å²) in [6.45, 7) is 8.46. The Bertz CT molecular complexity index is 803. The summed E-state index contributed by atoms with van der Waals surface area (Å²) in [5.74, 6) is -0.371. The highest BCUT2D eigenvalue weighted by atomic mass is 32.1. The van der Waals surface area contributed by atoms with E-state index in [0.29, 0.717) is 12.2 Å². The summed E-state index contributed by atoms with van der Waals surface area (Å²) in [7, 11) is 3.31. The molecular weight excluding hydrogens is 298 g/mol. The second kappa shape index (κ2) is 6.04. The quantitative estimate of drug-likeness (QED) is 0.643. The average molecular weight is 319 g/mol. The Balaban J connectivity index is 2.81. The number of rotatable bonds is 3. The highest BCUT2D eigenvalue weighted by Crippen LogP contribution is 2.29. The molecule has 0 saturated carbocycles. The third-order valence-electron chi connectivity index (χ3n) is 3.88. The number of nitrogens with zero attached hydrogens (tertiary/aromatic N) is 3. The van der Waals surface area contributed by atoms with E-state index in [-0.39, 0.29) is 5.97 Å². The molecule has 2 aromatic heterocycles. The summed E-state index contributed by atoms with van der Waals surface area (Å²) in [5.41, 5.74) is 5.14. The molecule has 0 amide bonds. The SMILES string of the molecule is CCn1nc(-c2c(C)cc(C)c(=S)n2C)c(C)c1C(=O)OC. The maximum absolute atomic E-state index is 12.0. The average Bonchev–Trinajstić information content (AvgIpc) is 2.81. The molecule has 0 aromatic carbocycles. The van der Waals surface area contributed by atoms with E-state index in [4.69, 9.17) is 17.0 Å². The van der Waals surface area contributed by atoms with Gasteiger partial charge in [-0.3, -0.25) is 4.68 Å². The lowest BCUT2D eigenvalue weighted by molar-refractivity contribution is 0.0586. The number of pyridine rings is 1. The first kappa shape index (κ1) is 16.4. The zero-order valence-electron chi connectivity index (χ0n) is 13.9. The van der Waals surface area contributed by atoms with Crippen LogP contribution in [-0.2, 0) is 18.3 Å². The maximum atomic E-state index is 12.0. The Labute approximate surface area is 135 Å². The lowest BCUT2D eigenvalue weighted by atomic mass is 10.1. The number of ether oxygens (including phenoxy) is 1. The number of aromatic nitrogens is 3. The number of esters is 1. The van der Waals surface area contributed by atoms with Crippen molar-refractivity contribution in [2.24, 2.45) is 7.05 Å². The Morgan fingerprint density at radius 2 is 1.95 bits per heavy atom. The van der Waals surface area contributed by atoms with Crippen LogP contribution in [0.25, 0.3) is 11.4 Å². The van der Waals surface area contributed by atoms with Crippen LogP contribution in [-0.4, -0.2) is 27.4 Å². The minimum Gasteiger partial charge on any atom is -0.464 e. The molecule has 2 rings (SSSR count). The minimum absolute atomic E-state index is 0.371. The number of carbonyl (C=O) groups is 1. The summed E-state index contributed by atoms with van der Waals surface area (Å²) in [4.78, 5) is 12.0. The Morgan fingerprint density at radius 3 is 2.50 bits per heavy atom. The lowest BCUT2D eigenvalue weighted by Gasteiger charge is -2.13. The molecule has 5 nitrogen and oxygen atoms in total. The van der Waals surface area contributed by atoms with E-state index in [9.17, 15) is 4.79 Å². The summed E-state index contributed by atoms with van der Waals surface area (Å²) >= 11 is 5.46. The topological polar surface area (TPSA) is 49.0 Å². The zero-order valence-corrected chi connectivity index (χ0v) is 14.7. The van der Waals surface area contributed by atoms with Gasteiger partial charge in [0, 0.05) is 19.2 Å². The van der Waals surface area contributed by atoms with Crippen molar-refractivity contribution in [3.63, 3.8) is 0 Å². The zero-order chi connectivity index (χ0) is 16.6. The molecule has 0 unspecified atom stereocenters. The van der Waals surface area contributed by atoms with Gasteiger partial charge < -0.3 is 9.30 Å². The van der Waals surface area contributed by atoms with Gasteiger partial charge in [-0.25, -0.2) is 4.79 Å². The van der Waals surface area contributed by atoms with Gasteiger partial charge >= 0.3 is 5.97 Å². The number of aryl methyl sites for hydroxylation is 3. The first-order valence-electron chi connectivity index (χ1n) is 7.16. The molecule has 2 heterocycles. The van der Waals surface area contributed by atoms with Gasteiger partial charge in [0.1, 0.15) is 16.0 Å². The van der Waals surface area contributed by atoms with Crippen LogP contribution < -0.4 is 0 Å². The summed E-state index contributed by atoms with van der Waals surface area (Å²) in [5, 5.41) is 4.61. The first-order valence-corrected chi connectivity index (χ1v) is 7.57. The fraction of sp³-hybridized carbons (Fsp3) is 0.438. The van der Waals surface area contributed by atoms with Crippen molar-refractivity contribution in [3.05, 3.63) is 33.1 Å². The van der Waals surface area contributed by atoms with Crippen LogP contribution >= 0.6 is 12.2 Å². The monoisotopic (exact) mass is 319 g/mol. The molecule has 2 aromatic rings. The van der Waals surface area contributed by atoms with Crippen LogP contribution in [0.15, 0.2) is 6.07 Å². The molecule has 0 fully saturated rings. The molecule has 0 atom stereocenters. The van der Waals surface area contributed by atoms with E-state index in [1.807, 2.05) is 39.3 Å². The van der Waals surface area contributed by atoms with Crippen molar-refractivity contribution in [3.8, 4) is 11.4 Å². The van der Waals surface area contributed by atoms with Crippen molar-refractivity contribution in [1.82, 2.24) is 14.3 Å². The molecule has 0 aliphatic rings. The normalized spacial score (nSPS) is 10.8. The van der Waals surface area contributed by atoms with E-state index in [1.165, 1.54) is 7.11 Å². The van der Waals surface area contributed by atoms with Gasteiger partial charge in [-0.15, -0.1) is 0 Å². The number of hydrogen-bond donors (Lipinski definition) is 0. The van der Waals surface area contributed by atoms with Gasteiger partial charge in [0.05, 0.1) is 12.8 Å². The molecule has 0 spiro atoms. The summed E-state index contributed by atoms with van der Waals surface area (Å²) in [6.07, 6.45) is 0. The predicted molar refractivity (Wildman–Crippen MR) is 88.7 cm³/mol. The van der Waals surface area contributed by atoms with Crippen LogP contribution in [0.3, 0.4) is 0 Å². The molecule has 0 radical (unpaired) electrons. The molecule has 0 aliphatic heterocycles. The third-order valence-corrected chi connectivity index (χ3v) is 4.47. The van der Waals surface area contributed by atoms with Gasteiger partial charge in [-0.2, -0.15) is 5.10 Å². The van der Waals surface area contributed by atoms with Crippen molar-refractivity contribution in [2.75, 3.05) is 7.11 Å². The van der Waals surface area contributed by atoms with Crippen LogP contribution in [0, 0.1) is 25.4 Å². The number of methoxy groups -OCH3 is 1. The van der Waals surface area contributed by atoms with Crippen LogP contribution in [0.2, 0.25) is 0 Å². The van der Waals surface area contributed by atoms with Gasteiger partial charge in [0.15, 0.2) is 0 Å². The highest BCUT2D eigenvalue weighted by molar-refractivity contribution is 7.71. The highest BCUT2D eigenvalue weighted by Gasteiger charge is 2.23. The van der Waals surface area contributed by atoms with Crippen molar-refractivity contribution in [1.29, 1.82) is 0 Å². The molecule has 22 heavy (non-hydrogen) atoms.